The second-order valence-electron chi connectivity index (χ2n) is 9.30. The van der Waals surface area contributed by atoms with Crippen molar-refractivity contribution in [3.05, 3.63) is 95.8 Å². The molecule has 0 unspecified atom stereocenters. The van der Waals surface area contributed by atoms with Crippen molar-refractivity contribution in [2.75, 3.05) is 10.8 Å². The van der Waals surface area contributed by atoms with Crippen molar-refractivity contribution in [1.82, 2.24) is 10.2 Å². The topological polar surface area (TPSA) is 86.8 Å². The van der Waals surface area contributed by atoms with Crippen molar-refractivity contribution in [3.8, 4) is 0 Å². The minimum atomic E-state index is -4.18. The molecular formula is C29H34FN3O4S. The number of hydrogen-bond acceptors (Lipinski definition) is 4. The Balaban J connectivity index is 2.00. The Bertz CT molecular complexity index is 1330. The number of anilines is 1. The van der Waals surface area contributed by atoms with Gasteiger partial charge in [-0.3, -0.25) is 13.9 Å². The second kappa shape index (κ2) is 12.7. The summed E-state index contributed by atoms with van der Waals surface area (Å²) in [6.45, 7) is 6.92. The third-order valence-electron chi connectivity index (χ3n) is 6.37. The molecule has 0 spiro atoms. The van der Waals surface area contributed by atoms with Crippen LogP contribution in [0.1, 0.15) is 38.3 Å². The van der Waals surface area contributed by atoms with Gasteiger partial charge in [-0.05, 0) is 69.2 Å². The van der Waals surface area contributed by atoms with Crippen LogP contribution in [0.5, 0.6) is 0 Å². The van der Waals surface area contributed by atoms with Crippen LogP contribution in [0.2, 0.25) is 0 Å². The zero-order chi connectivity index (χ0) is 27.9. The molecule has 3 rings (SSSR count). The summed E-state index contributed by atoms with van der Waals surface area (Å²) in [5, 5.41) is 2.90. The van der Waals surface area contributed by atoms with E-state index in [-0.39, 0.29) is 29.1 Å². The van der Waals surface area contributed by atoms with Crippen LogP contribution < -0.4 is 9.62 Å². The van der Waals surface area contributed by atoms with Gasteiger partial charge < -0.3 is 10.2 Å². The molecular weight excluding hydrogens is 505 g/mol. The van der Waals surface area contributed by atoms with E-state index < -0.39 is 34.3 Å². The Morgan fingerprint density at radius 1 is 0.921 bits per heavy atom. The molecule has 38 heavy (non-hydrogen) atoms. The number of benzene rings is 3. The lowest BCUT2D eigenvalue weighted by atomic mass is 10.1. The lowest BCUT2D eigenvalue weighted by Crippen LogP contribution is -2.52. The summed E-state index contributed by atoms with van der Waals surface area (Å²) < 4.78 is 41.9. The molecule has 0 saturated heterocycles. The smallest absolute Gasteiger partial charge is 0.264 e. The highest BCUT2D eigenvalue weighted by Gasteiger charge is 2.32. The maximum absolute atomic E-state index is 13.8. The lowest BCUT2D eigenvalue weighted by Gasteiger charge is -2.32. The molecule has 7 nitrogen and oxygen atoms in total. The number of hydrogen-bond donors (Lipinski definition) is 1. The summed E-state index contributed by atoms with van der Waals surface area (Å²) in [4.78, 5) is 28.2. The molecule has 0 radical (unpaired) electrons. The molecule has 0 fully saturated rings. The van der Waals surface area contributed by atoms with E-state index in [1.54, 1.807) is 25.1 Å². The van der Waals surface area contributed by atoms with Gasteiger partial charge in [0.25, 0.3) is 10.0 Å². The fraction of sp³-hybridized carbons (Fsp3) is 0.310. The Morgan fingerprint density at radius 2 is 1.53 bits per heavy atom. The zero-order valence-corrected chi connectivity index (χ0v) is 22.9. The van der Waals surface area contributed by atoms with E-state index in [4.69, 9.17) is 0 Å². The van der Waals surface area contributed by atoms with Crippen molar-refractivity contribution in [2.24, 2.45) is 0 Å². The van der Waals surface area contributed by atoms with Crippen molar-refractivity contribution < 1.29 is 22.4 Å². The van der Waals surface area contributed by atoms with Crippen molar-refractivity contribution in [2.45, 2.75) is 57.6 Å². The zero-order valence-electron chi connectivity index (χ0n) is 22.1. The van der Waals surface area contributed by atoms with Gasteiger partial charge in [-0.2, -0.15) is 0 Å². The minimum absolute atomic E-state index is 0.00947. The molecule has 3 aromatic carbocycles. The van der Waals surface area contributed by atoms with Gasteiger partial charge in [0, 0.05) is 12.6 Å². The van der Waals surface area contributed by atoms with Gasteiger partial charge in [-0.15, -0.1) is 0 Å². The van der Waals surface area contributed by atoms with Crippen molar-refractivity contribution in [3.63, 3.8) is 0 Å². The number of halogens is 1. The van der Waals surface area contributed by atoms with Gasteiger partial charge in [0.1, 0.15) is 18.4 Å². The molecule has 0 aliphatic heterocycles. The van der Waals surface area contributed by atoms with Crippen LogP contribution in [0.15, 0.2) is 83.8 Å². The normalized spacial score (nSPS) is 12.9. The van der Waals surface area contributed by atoms with E-state index in [0.717, 1.165) is 34.0 Å². The largest absolute Gasteiger partial charge is 0.352 e. The molecule has 0 saturated carbocycles. The van der Waals surface area contributed by atoms with E-state index in [1.165, 1.54) is 29.2 Å². The highest BCUT2D eigenvalue weighted by molar-refractivity contribution is 7.92. The summed E-state index contributed by atoms with van der Waals surface area (Å²) >= 11 is 0. The molecule has 0 bridgehead atoms. The first-order valence-electron chi connectivity index (χ1n) is 12.5. The fourth-order valence-corrected chi connectivity index (χ4v) is 5.23. The number of sulfonamides is 1. The van der Waals surface area contributed by atoms with Gasteiger partial charge in [0.05, 0.1) is 10.6 Å². The maximum Gasteiger partial charge on any atom is 0.264 e. The van der Waals surface area contributed by atoms with Crippen LogP contribution in [0.4, 0.5) is 10.1 Å². The number of aryl methyl sites for hydroxylation is 1. The summed E-state index contributed by atoms with van der Waals surface area (Å²) in [6.07, 6.45) is 0.720. The van der Waals surface area contributed by atoms with Crippen LogP contribution in [-0.2, 0) is 26.2 Å². The SMILES string of the molecule is CC[C@H](C)NC(=O)[C@@H](C)N(Cc1ccc(C)cc1)C(=O)CN(c1ccc(F)cc1)S(=O)(=O)c1ccccc1. The average Bonchev–Trinajstić information content (AvgIpc) is 2.91. The van der Waals surface area contributed by atoms with Crippen LogP contribution in [0.25, 0.3) is 0 Å². The number of carbonyl (C=O) groups is 2. The van der Waals surface area contributed by atoms with Gasteiger partial charge in [-0.25, -0.2) is 12.8 Å². The molecule has 1 N–H and O–H groups in total. The van der Waals surface area contributed by atoms with Crippen LogP contribution >= 0.6 is 0 Å². The lowest BCUT2D eigenvalue weighted by molar-refractivity contribution is -0.139. The Kier molecular flexibility index (Phi) is 9.63. The number of carbonyl (C=O) groups excluding carboxylic acids is 2. The standard InChI is InChI=1S/C29H34FN3O4S/c1-5-22(3)31-29(35)23(4)32(19-24-13-11-21(2)12-14-24)28(34)20-33(26-17-15-25(30)16-18-26)38(36,37)27-9-7-6-8-10-27/h6-18,22-23H,5,19-20H2,1-4H3,(H,31,35)/t22-,23+/m0/s1. The van der Waals surface area contributed by atoms with Crippen LogP contribution in [-0.4, -0.2) is 43.8 Å². The van der Waals surface area contributed by atoms with Crippen LogP contribution in [0, 0.1) is 12.7 Å². The number of amides is 2. The van der Waals surface area contributed by atoms with E-state index in [0.29, 0.717) is 0 Å². The molecule has 3 aromatic rings. The van der Waals surface area contributed by atoms with Crippen molar-refractivity contribution in [1.29, 1.82) is 0 Å². The maximum atomic E-state index is 13.8. The predicted molar refractivity (Wildman–Crippen MR) is 146 cm³/mol. The molecule has 9 heteroatoms. The van der Waals surface area contributed by atoms with E-state index in [2.05, 4.69) is 5.32 Å². The fourth-order valence-electron chi connectivity index (χ4n) is 3.79. The monoisotopic (exact) mass is 539 g/mol. The highest BCUT2D eigenvalue weighted by Crippen LogP contribution is 2.25. The van der Waals surface area contributed by atoms with Gasteiger partial charge >= 0.3 is 0 Å². The first-order valence-corrected chi connectivity index (χ1v) is 14.0. The van der Waals surface area contributed by atoms with Crippen molar-refractivity contribution >= 4 is 27.5 Å². The number of nitrogens with one attached hydrogen (secondary N) is 1. The molecule has 2 atom stereocenters. The molecule has 0 heterocycles. The Morgan fingerprint density at radius 3 is 2.11 bits per heavy atom. The van der Waals surface area contributed by atoms with E-state index >= 15 is 0 Å². The predicted octanol–water partition coefficient (Wildman–Crippen LogP) is 4.66. The Hall–Kier alpha value is -3.72. The third-order valence-corrected chi connectivity index (χ3v) is 8.15. The summed E-state index contributed by atoms with van der Waals surface area (Å²) in [6, 6.07) is 19.2. The third kappa shape index (κ3) is 7.19. The molecule has 0 aliphatic carbocycles. The van der Waals surface area contributed by atoms with E-state index in [1.807, 2.05) is 45.0 Å². The number of rotatable bonds is 11. The summed E-state index contributed by atoms with van der Waals surface area (Å²) in [5.74, 6) is -1.44. The van der Waals surface area contributed by atoms with Gasteiger partial charge in [-0.1, -0.05) is 55.0 Å². The number of nitrogens with zero attached hydrogens (tertiary/aromatic N) is 2. The molecule has 0 aliphatic rings. The molecule has 2 amide bonds. The highest BCUT2D eigenvalue weighted by atomic mass is 32.2. The second-order valence-corrected chi connectivity index (χ2v) is 11.2. The van der Waals surface area contributed by atoms with Crippen LogP contribution in [0.3, 0.4) is 0 Å². The first-order chi connectivity index (χ1) is 18.0. The average molecular weight is 540 g/mol. The van der Waals surface area contributed by atoms with Gasteiger partial charge in [0.15, 0.2) is 0 Å². The van der Waals surface area contributed by atoms with Gasteiger partial charge in [0.2, 0.25) is 11.8 Å². The first kappa shape index (κ1) is 28.8. The molecule has 202 valence electrons. The summed E-state index contributed by atoms with van der Waals surface area (Å²) in [5.41, 5.74) is 1.98. The quantitative estimate of drug-likeness (QED) is 0.384. The summed E-state index contributed by atoms with van der Waals surface area (Å²) in [7, 11) is -4.18. The Labute approximate surface area is 224 Å². The minimum Gasteiger partial charge on any atom is -0.352 e. The van der Waals surface area contributed by atoms with E-state index in [9.17, 15) is 22.4 Å². The molecule has 0 aromatic heterocycles.